The Morgan fingerprint density at radius 2 is 1.05 bits per heavy atom. The predicted octanol–water partition coefficient (Wildman–Crippen LogP) is 7.50. The molecule has 0 bridgehead atoms. The van der Waals surface area contributed by atoms with Gasteiger partial charge in [0.1, 0.15) is 0 Å². The van der Waals surface area contributed by atoms with Gasteiger partial charge in [0.2, 0.25) is 0 Å². The summed E-state index contributed by atoms with van der Waals surface area (Å²) in [5, 5.41) is 1.18. The van der Waals surface area contributed by atoms with Crippen molar-refractivity contribution in [3.05, 3.63) is 0 Å². The molecule has 19 heavy (non-hydrogen) atoms. The second-order valence-corrected chi connectivity index (χ2v) is 6.83. The number of halogens is 1. The van der Waals surface area contributed by atoms with E-state index in [4.69, 9.17) is 0 Å². The topological polar surface area (TPSA) is 0 Å². The second kappa shape index (κ2) is 13.5. The third kappa shape index (κ3) is 9.93. The molecule has 0 radical (unpaired) electrons. The Morgan fingerprint density at radius 1 is 0.632 bits per heavy atom. The van der Waals surface area contributed by atoms with E-state index < -0.39 is 0 Å². The summed E-state index contributed by atoms with van der Waals surface area (Å²) in [7, 11) is 0. The smallest absolute Gasteiger partial charge is 0.00877 e. The molecule has 0 saturated heterocycles. The van der Waals surface area contributed by atoms with Crippen molar-refractivity contribution >= 4 is 15.9 Å². The fourth-order valence-electron chi connectivity index (χ4n) is 2.85. The molecule has 0 saturated carbocycles. The van der Waals surface area contributed by atoms with Crippen LogP contribution in [0.15, 0.2) is 0 Å². The molecule has 0 aliphatic heterocycles. The van der Waals surface area contributed by atoms with Crippen LogP contribution in [-0.4, -0.2) is 5.33 Å². The highest BCUT2D eigenvalue weighted by atomic mass is 79.9. The van der Waals surface area contributed by atoms with Gasteiger partial charge in [-0.15, -0.1) is 0 Å². The summed E-state index contributed by atoms with van der Waals surface area (Å²) >= 11 is 3.72. The fourth-order valence-corrected chi connectivity index (χ4v) is 3.92. The molecule has 0 aliphatic carbocycles. The van der Waals surface area contributed by atoms with Gasteiger partial charge in [-0.1, -0.05) is 101 Å². The van der Waals surface area contributed by atoms with Gasteiger partial charge in [-0.3, -0.25) is 0 Å². The molecule has 0 aromatic rings. The first-order chi connectivity index (χ1) is 9.24. The van der Waals surface area contributed by atoms with Crippen LogP contribution < -0.4 is 0 Å². The highest BCUT2D eigenvalue weighted by molar-refractivity contribution is 9.09. The summed E-state index contributed by atoms with van der Waals surface area (Å²) in [4.78, 5) is 0. The van der Waals surface area contributed by atoms with Gasteiger partial charge in [-0.2, -0.15) is 0 Å². The molecule has 0 nitrogen and oxygen atoms in total. The van der Waals surface area contributed by atoms with Gasteiger partial charge in [0.15, 0.2) is 0 Å². The van der Waals surface area contributed by atoms with Gasteiger partial charge in [-0.25, -0.2) is 0 Å². The molecule has 0 aromatic heterocycles. The van der Waals surface area contributed by atoms with Gasteiger partial charge in [0.25, 0.3) is 0 Å². The van der Waals surface area contributed by atoms with E-state index in [0.29, 0.717) is 5.41 Å². The van der Waals surface area contributed by atoms with E-state index in [1.807, 2.05) is 0 Å². The molecular formula is C18H37Br. The van der Waals surface area contributed by atoms with Crippen LogP contribution in [0, 0.1) is 5.41 Å². The summed E-state index contributed by atoms with van der Waals surface area (Å²) in [5.41, 5.74) is 0.583. The van der Waals surface area contributed by atoms with E-state index in [0.717, 1.165) is 0 Å². The lowest BCUT2D eigenvalue weighted by Crippen LogP contribution is -2.20. The van der Waals surface area contributed by atoms with Crippen molar-refractivity contribution in [2.45, 2.75) is 104 Å². The maximum atomic E-state index is 3.72. The average Bonchev–Trinajstić information content (AvgIpc) is 2.46. The second-order valence-electron chi connectivity index (χ2n) is 6.27. The molecule has 0 spiro atoms. The van der Waals surface area contributed by atoms with E-state index in [2.05, 4.69) is 36.7 Å². The zero-order chi connectivity index (χ0) is 14.4. The van der Waals surface area contributed by atoms with E-state index in [-0.39, 0.29) is 0 Å². The van der Waals surface area contributed by atoms with E-state index in [1.54, 1.807) is 0 Å². The summed E-state index contributed by atoms with van der Waals surface area (Å²) in [6.45, 7) is 6.99. The minimum Gasteiger partial charge on any atom is -0.0922 e. The van der Waals surface area contributed by atoms with Gasteiger partial charge >= 0.3 is 0 Å². The van der Waals surface area contributed by atoms with Crippen LogP contribution in [0.3, 0.4) is 0 Å². The van der Waals surface area contributed by atoms with Crippen molar-refractivity contribution < 1.29 is 0 Å². The largest absolute Gasteiger partial charge is 0.0922 e. The third-order valence-corrected chi connectivity index (χ3v) is 6.03. The molecular weight excluding hydrogens is 296 g/mol. The molecule has 116 valence electrons. The molecule has 0 rings (SSSR count). The maximum absolute atomic E-state index is 3.72. The number of hydrogen-bond acceptors (Lipinski definition) is 0. The van der Waals surface area contributed by atoms with Crippen LogP contribution >= 0.6 is 15.9 Å². The minimum atomic E-state index is 0.583. The number of rotatable bonds is 14. The Kier molecular flexibility index (Phi) is 13.8. The lowest BCUT2D eigenvalue weighted by atomic mass is 9.80. The van der Waals surface area contributed by atoms with Gasteiger partial charge in [0, 0.05) is 5.33 Å². The summed E-state index contributed by atoms with van der Waals surface area (Å²) in [6.07, 6.45) is 18.5. The molecule has 0 aliphatic rings. The van der Waals surface area contributed by atoms with Crippen molar-refractivity contribution in [1.29, 1.82) is 0 Å². The van der Waals surface area contributed by atoms with E-state index >= 15 is 0 Å². The number of hydrogen-bond donors (Lipinski definition) is 0. The molecule has 0 atom stereocenters. The normalized spacial score (nSPS) is 12.0. The highest BCUT2D eigenvalue weighted by Gasteiger charge is 2.23. The minimum absolute atomic E-state index is 0.583. The van der Waals surface area contributed by atoms with Crippen LogP contribution in [-0.2, 0) is 0 Å². The number of unbranched alkanes of at least 4 members (excludes halogenated alkanes) is 9. The molecule has 0 N–H and O–H groups in total. The zero-order valence-electron chi connectivity index (χ0n) is 13.8. The van der Waals surface area contributed by atoms with Crippen LogP contribution in [0.1, 0.15) is 104 Å². The van der Waals surface area contributed by atoms with Crippen molar-refractivity contribution in [2.75, 3.05) is 5.33 Å². The van der Waals surface area contributed by atoms with Crippen molar-refractivity contribution in [3.8, 4) is 0 Å². The van der Waals surface area contributed by atoms with Crippen molar-refractivity contribution in [2.24, 2.45) is 5.41 Å². The third-order valence-electron chi connectivity index (χ3n) is 4.84. The van der Waals surface area contributed by atoms with Crippen LogP contribution in [0.2, 0.25) is 0 Å². The maximum Gasteiger partial charge on any atom is 0.00877 e. The fraction of sp³-hybridized carbons (Fsp3) is 1.00. The van der Waals surface area contributed by atoms with Crippen LogP contribution in [0.5, 0.6) is 0 Å². The number of alkyl halides is 1. The molecule has 0 fully saturated rings. The Labute approximate surface area is 131 Å². The Bertz CT molecular complexity index is 164. The van der Waals surface area contributed by atoms with Gasteiger partial charge < -0.3 is 0 Å². The van der Waals surface area contributed by atoms with Crippen LogP contribution in [0.4, 0.5) is 0 Å². The quantitative estimate of drug-likeness (QED) is 0.228. The Balaban J connectivity index is 3.35. The van der Waals surface area contributed by atoms with E-state index in [1.165, 1.54) is 88.8 Å². The Hall–Kier alpha value is 0.480. The van der Waals surface area contributed by atoms with Crippen molar-refractivity contribution in [3.63, 3.8) is 0 Å². The molecule has 0 heterocycles. The summed E-state index contributed by atoms with van der Waals surface area (Å²) in [5.74, 6) is 0. The standard InChI is InChI=1S/C18H37Br/c1-4-7-8-9-10-11-12-13-14-15-16-18(5-2,6-3)17-19/h4-17H2,1-3H3. The highest BCUT2D eigenvalue weighted by Crippen LogP contribution is 2.34. The predicted molar refractivity (Wildman–Crippen MR) is 93.3 cm³/mol. The molecule has 0 aromatic carbocycles. The van der Waals surface area contributed by atoms with Crippen LogP contribution in [0.25, 0.3) is 0 Å². The SMILES string of the molecule is CCCCCCCCCCCCC(CC)(CC)CBr. The lowest BCUT2D eigenvalue weighted by Gasteiger charge is -2.29. The molecule has 1 heteroatoms. The first-order valence-corrected chi connectivity index (χ1v) is 9.92. The summed E-state index contributed by atoms with van der Waals surface area (Å²) < 4.78 is 0. The average molecular weight is 333 g/mol. The molecule has 0 amide bonds. The summed E-state index contributed by atoms with van der Waals surface area (Å²) in [6, 6.07) is 0. The first-order valence-electron chi connectivity index (χ1n) is 8.80. The lowest BCUT2D eigenvalue weighted by molar-refractivity contribution is 0.271. The monoisotopic (exact) mass is 332 g/mol. The van der Waals surface area contributed by atoms with Gasteiger partial charge in [0.05, 0.1) is 0 Å². The first kappa shape index (κ1) is 19.5. The van der Waals surface area contributed by atoms with E-state index in [9.17, 15) is 0 Å². The van der Waals surface area contributed by atoms with Crippen molar-refractivity contribution in [1.82, 2.24) is 0 Å². The molecule has 0 unspecified atom stereocenters. The zero-order valence-corrected chi connectivity index (χ0v) is 15.4. The Morgan fingerprint density at radius 3 is 1.42 bits per heavy atom. The van der Waals surface area contributed by atoms with Gasteiger partial charge in [-0.05, 0) is 24.7 Å².